The number of halogens is 1. The normalized spacial score (nSPS) is 26.3. The standard InChI is InChI=1S/C25H29BrO8/c1-16-19(32-22(27)17-11-7-5-8-12-17)20(33-23(28)18-13-9-6-10-14-18)21(24(29-3)31-16)34-25(2,15-26)30-4/h5-14,16,19-21,24H,15H2,1-4H3/t16-,19-,20+,21+,24+,25?/m0/s1. The molecule has 2 aromatic rings. The van der Waals surface area contributed by atoms with Crippen molar-refractivity contribution in [1.29, 1.82) is 0 Å². The largest absolute Gasteiger partial charge is 0.452 e. The average Bonchev–Trinajstić information content (AvgIpc) is 2.88. The van der Waals surface area contributed by atoms with Crippen LogP contribution in [-0.2, 0) is 28.4 Å². The number of ether oxygens (including phenoxy) is 6. The summed E-state index contributed by atoms with van der Waals surface area (Å²) < 4.78 is 34.9. The summed E-state index contributed by atoms with van der Waals surface area (Å²) in [5, 5.41) is 0.312. The molecule has 0 aliphatic carbocycles. The Morgan fingerprint density at radius 1 is 0.882 bits per heavy atom. The average molecular weight is 537 g/mol. The number of methoxy groups -OCH3 is 2. The van der Waals surface area contributed by atoms with E-state index in [4.69, 9.17) is 28.4 Å². The number of hydrogen-bond acceptors (Lipinski definition) is 8. The molecule has 0 N–H and O–H groups in total. The predicted molar refractivity (Wildman–Crippen MR) is 127 cm³/mol. The van der Waals surface area contributed by atoms with Gasteiger partial charge < -0.3 is 28.4 Å². The molecule has 1 saturated heterocycles. The third-order valence-electron chi connectivity index (χ3n) is 5.52. The van der Waals surface area contributed by atoms with Crippen LogP contribution in [0.2, 0.25) is 0 Å². The molecule has 1 aliphatic rings. The van der Waals surface area contributed by atoms with Crippen molar-refractivity contribution in [3.05, 3.63) is 71.8 Å². The van der Waals surface area contributed by atoms with E-state index in [-0.39, 0.29) is 0 Å². The highest BCUT2D eigenvalue weighted by Crippen LogP contribution is 2.33. The Kier molecular flexibility index (Phi) is 9.21. The van der Waals surface area contributed by atoms with Crippen LogP contribution in [0.3, 0.4) is 0 Å². The van der Waals surface area contributed by atoms with Crippen LogP contribution in [0.25, 0.3) is 0 Å². The maximum absolute atomic E-state index is 13.0. The van der Waals surface area contributed by atoms with Crippen molar-refractivity contribution >= 4 is 27.9 Å². The summed E-state index contributed by atoms with van der Waals surface area (Å²) >= 11 is 3.38. The minimum absolute atomic E-state index is 0.312. The van der Waals surface area contributed by atoms with Gasteiger partial charge in [0.1, 0.15) is 0 Å². The van der Waals surface area contributed by atoms with Crippen LogP contribution in [0, 0.1) is 0 Å². The zero-order chi connectivity index (χ0) is 24.7. The summed E-state index contributed by atoms with van der Waals surface area (Å²) in [6.45, 7) is 3.43. The monoisotopic (exact) mass is 536 g/mol. The van der Waals surface area contributed by atoms with Gasteiger partial charge in [0.15, 0.2) is 30.4 Å². The van der Waals surface area contributed by atoms with Crippen molar-refractivity contribution in [2.75, 3.05) is 19.5 Å². The highest BCUT2D eigenvalue weighted by molar-refractivity contribution is 9.09. The molecule has 1 fully saturated rings. The molecule has 1 unspecified atom stereocenters. The fraction of sp³-hybridized carbons (Fsp3) is 0.440. The molecule has 0 saturated carbocycles. The number of esters is 2. The summed E-state index contributed by atoms with van der Waals surface area (Å²) in [7, 11) is 2.95. The van der Waals surface area contributed by atoms with E-state index >= 15 is 0 Å². The Balaban J connectivity index is 1.96. The van der Waals surface area contributed by atoms with Crippen molar-refractivity contribution in [3.63, 3.8) is 0 Å². The molecule has 2 aromatic carbocycles. The lowest BCUT2D eigenvalue weighted by Gasteiger charge is -2.46. The van der Waals surface area contributed by atoms with E-state index in [0.717, 1.165) is 0 Å². The van der Waals surface area contributed by atoms with Gasteiger partial charge in [0.05, 0.1) is 22.6 Å². The highest BCUT2D eigenvalue weighted by Gasteiger charge is 2.52. The minimum Gasteiger partial charge on any atom is -0.452 e. The fourth-order valence-corrected chi connectivity index (χ4v) is 3.90. The molecule has 3 rings (SSSR count). The van der Waals surface area contributed by atoms with Crippen LogP contribution in [-0.4, -0.2) is 68.0 Å². The van der Waals surface area contributed by atoms with Gasteiger partial charge >= 0.3 is 11.9 Å². The smallest absolute Gasteiger partial charge is 0.338 e. The first-order valence-electron chi connectivity index (χ1n) is 10.8. The van der Waals surface area contributed by atoms with Gasteiger partial charge in [-0.15, -0.1) is 0 Å². The minimum atomic E-state index is -1.10. The van der Waals surface area contributed by atoms with Gasteiger partial charge in [-0.05, 0) is 38.1 Å². The molecule has 0 spiro atoms. The van der Waals surface area contributed by atoms with Gasteiger partial charge in [-0.1, -0.05) is 52.3 Å². The molecule has 34 heavy (non-hydrogen) atoms. The van der Waals surface area contributed by atoms with E-state index in [0.29, 0.717) is 16.5 Å². The second-order valence-corrected chi connectivity index (χ2v) is 8.53. The Morgan fingerprint density at radius 2 is 1.38 bits per heavy atom. The lowest BCUT2D eigenvalue weighted by molar-refractivity contribution is -0.338. The number of rotatable bonds is 9. The number of hydrogen-bond donors (Lipinski definition) is 0. The Hall–Kier alpha value is -2.30. The van der Waals surface area contributed by atoms with Crippen LogP contribution >= 0.6 is 15.9 Å². The molecule has 0 bridgehead atoms. The highest BCUT2D eigenvalue weighted by atomic mass is 79.9. The summed E-state index contributed by atoms with van der Waals surface area (Å²) in [5.41, 5.74) is 0.703. The Bertz CT molecular complexity index is 934. The molecule has 184 valence electrons. The second kappa shape index (κ2) is 11.9. The van der Waals surface area contributed by atoms with Crippen LogP contribution < -0.4 is 0 Å². The molecule has 1 aliphatic heterocycles. The van der Waals surface area contributed by atoms with Gasteiger partial charge in [-0.3, -0.25) is 0 Å². The topological polar surface area (TPSA) is 89.5 Å². The lowest BCUT2D eigenvalue weighted by atomic mass is 9.98. The van der Waals surface area contributed by atoms with Gasteiger partial charge in [0.2, 0.25) is 0 Å². The van der Waals surface area contributed by atoms with Crippen molar-refractivity contribution in [2.45, 2.75) is 50.3 Å². The van der Waals surface area contributed by atoms with Crippen LogP contribution in [0.1, 0.15) is 34.6 Å². The summed E-state index contributed by atoms with van der Waals surface area (Å²) in [5.74, 6) is -2.27. The maximum atomic E-state index is 13.0. The van der Waals surface area contributed by atoms with Gasteiger partial charge in [0, 0.05) is 14.2 Å². The first-order valence-corrected chi connectivity index (χ1v) is 11.9. The van der Waals surface area contributed by atoms with Gasteiger partial charge in [-0.2, -0.15) is 0 Å². The van der Waals surface area contributed by atoms with E-state index in [1.165, 1.54) is 14.2 Å². The number of carbonyl (C=O) groups excluding carboxylic acids is 2. The van der Waals surface area contributed by atoms with Gasteiger partial charge in [0.25, 0.3) is 0 Å². The molecular formula is C25H29BrO8. The molecule has 0 amide bonds. The third-order valence-corrected chi connectivity index (χ3v) is 6.54. The summed E-state index contributed by atoms with van der Waals surface area (Å²) in [6, 6.07) is 17.1. The van der Waals surface area contributed by atoms with Crippen molar-refractivity contribution in [1.82, 2.24) is 0 Å². The van der Waals surface area contributed by atoms with Crippen LogP contribution in [0.4, 0.5) is 0 Å². The zero-order valence-electron chi connectivity index (χ0n) is 19.5. The SMILES string of the molecule is CO[C@@H]1O[C@@H](C)[C@H](OC(=O)c2ccccc2)[C@@H](OC(=O)c2ccccc2)[C@H]1OC(C)(CBr)OC. The van der Waals surface area contributed by atoms with Crippen LogP contribution in [0.5, 0.6) is 0 Å². The van der Waals surface area contributed by atoms with Crippen molar-refractivity contribution < 1.29 is 38.0 Å². The molecule has 1 heterocycles. The summed E-state index contributed by atoms with van der Waals surface area (Å²) in [6.07, 6.45) is -4.58. The van der Waals surface area contributed by atoms with E-state index in [1.54, 1.807) is 74.5 Å². The predicted octanol–water partition coefficient (Wildman–Crippen LogP) is 3.97. The number of alkyl halides is 1. The molecule has 9 heteroatoms. The van der Waals surface area contributed by atoms with E-state index < -0.39 is 48.4 Å². The molecule has 0 radical (unpaired) electrons. The maximum Gasteiger partial charge on any atom is 0.338 e. The lowest BCUT2D eigenvalue weighted by Crippen LogP contribution is -2.62. The number of benzene rings is 2. The first kappa shape index (κ1) is 26.3. The number of carbonyl (C=O) groups is 2. The fourth-order valence-electron chi connectivity index (χ4n) is 3.54. The first-order chi connectivity index (χ1) is 16.3. The zero-order valence-corrected chi connectivity index (χ0v) is 21.1. The summed E-state index contributed by atoms with van der Waals surface area (Å²) in [4.78, 5) is 25.9. The van der Waals surface area contributed by atoms with E-state index in [9.17, 15) is 9.59 Å². The third kappa shape index (κ3) is 6.22. The van der Waals surface area contributed by atoms with Crippen molar-refractivity contribution in [3.8, 4) is 0 Å². The van der Waals surface area contributed by atoms with Gasteiger partial charge in [-0.25, -0.2) is 9.59 Å². The Labute approximate surface area is 207 Å². The quantitative estimate of drug-likeness (QED) is 0.270. The molecular weight excluding hydrogens is 508 g/mol. The van der Waals surface area contributed by atoms with Crippen molar-refractivity contribution in [2.24, 2.45) is 0 Å². The molecule has 0 aromatic heterocycles. The van der Waals surface area contributed by atoms with Crippen LogP contribution in [0.15, 0.2) is 60.7 Å². The van der Waals surface area contributed by atoms with E-state index in [1.807, 2.05) is 0 Å². The molecule has 8 nitrogen and oxygen atoms in total. The van der Waals surface area contributed by atoms with E-state index in [2.05, 4.69) is 15.9 Å². The molecule has 6 atom stereocenters. The second-order valence-electron chi connectivity index (χ2n) is 7.97. The Morgan fingerprint density at radius 3 is 1.82 bits per heavy atom.